The van der Waals surface area contributed by atoms with E-state index in [4.69, 9.17) is 11.6 Å². The molecule has 2 atom stereocenters. The topological polar surface area (TPSA) is 23.6 Å². The Balaban J connectivity index is 0.00000225. The van der Waals surface area contributed by atoms with E-state index in [1.54, 1.807) is 0 Å². The number of likely N-dealkylation sites (tertiary alicyclic amines) is 2. The third-order valence-corrected chi connectivity index (χ3v) is 6.41. The molecule has 2 fully saturated rings. The van der Waals surface area contributed by atoms with Crippen molar-refractivity contribution < 1.29 is 4.79 Å². The van der Waals surface area contributed by atoms with Crippen LogP contribution in [0.1, 0.15) is 37.3 Å². The molecule has 0 aliphatic carbocycles. The average molecular weight is 419 g/mol. The van der Waals surface area contributed by atoms with Crippen LogP contribution in [-0.4, -0.2) is 42.4 Å². The highest BCUT2D eigenvalue weighted by molar-refractivity contribution is 6.33. The third kappa shape index (κ3) is 4.37. The number of carbonyl (C=O) groups is 1. The van der Waals surface area contributed by atoms with Gasteiger partial charge in [-0.3, -0.25) is 4.79 Å². The van der Waals surface area contributed by atoms with Crippen molar-refractivity contribution in [3.8, 4) is 11.1 Å². The standard InChI is InChI=1S/C23H27ClN2O.ClH/c1-25-22(15-19(23(25)27)16-26-13-5-2-6-14-26)18-11-9-17(10-12-18)20-7-3-4-8-21(20)24;/h3-4,7-12,19,22H,2,5-6,13-16H2,1H3;1H. The second-order valence-corrected chi connectivity index (χ2v) is 8.27. The number of piperidine rings is 1. The largest absolute Gasteiger partial charge is 0.338 e. The van der Waals surface area contributed by atoms with E-state index in [9.17, 15) is 4.79 Å². The zero-order valence-electron chi connectivity index (χ0n) is 16.3. The van der Waals surface area contributed by atoms with Gasteiger partial charge in [-0.05, 0) is 49.5 Å². The lowest BCUT2D eigenvalue weighted by molar-refractivity contribution is -0.131. The van der Waals surface area contributed by atoms with Crippen molar-refractivity contribution in [2.45, 2.75) is 31.7 Å². The third-order valence-electron chi connectivity index (χ3n) is 6.08. The van der Waals surface area contributed by atoms with E-state index < -0.39 is 0 Å². The monoisotopic (exact) mass is 418 g/mol. The summed E-state index contributed by atoms with van der Waals surface area (Å²) in [6, 6.07) is 16.6. The van der Waals surface area contributed by atoms with Crippen LogP contribution in [0.4, 0.5) is 0 Å². The Hall–Kier alpha value is -1.55. The van der Waals surface area contributed by atoms with Crippen molar-refractivity contribution in [2.75, 3.05) is 26.7 Å². The minimum Gasteiger partial charge on any atom is -0.338 e. The van der Waals surface area contributed by atoms with Gasteiger partial charge in [0, 0.05) is 24.2 Å². The number of carbonyl (C=O) groups excluding carboxylic acids is 1. The van der Waals surface area contributed by atoms with Crippen molar-refractivity contribution in [3.05, 3.63) is 59.1 Å². The maximum atomic E-state index is 12.8. The Bertz CT molecular complexity index is 803. The van der Waals surface area contributed by atoms with Gasteiger partial charge in [-0.25, -0.2) is 0 Å². The van der Waals surface area contributed by atoms with E-state index in [0.717, 1.165) is 42.2 Å². The van der Waals surface area contributed by atoms with Crippen molar-refractivity contribution in [2.24, 2.45) is 5.92 Å². The number of benzene rings is 2. The van der Waals surface area contributed by atoms with Crippen LogP contribution in [0.15, 0.2) is 48.5 Å². The molecule has 0 bridgehead atoms. The van der Waals surface area contributed by atoms with Crippen LogP contribution in [0.2, 0.25) is 5.02 Å². The summed E-state index contributed by atoms with van der Waals surface area (Å²) in [7, 11) is 1.95. The summed E-state index contributed by atoms with van der Waals surface area (Å²) in [6.07, 6.45) is 4.78. The minimum absolute atomic E-state index is 0. The fourth-order valence-corrected chi connectivity index (χ4v) is 4.76. The highest BCUT2D eigenvalue weighted by Gasteiger charge is 2.38. The molecule has 3 nitrogen and oxygen atoms in total. The highest BCUT2D eigenvalue weighted by atomic mass is 35.5. The lowest BCUT2D eigenvalue weighted by atomic mass is 9.96. The second kappa shape index (κ2) is 9.30. The normalized spacial score (nSPS) is 22.9. The first-order valence-electron chi connectivity index (χ1n) is 9.97. The predicted octanol–water partition coefficient (Wildman–Crippen LogP) is 5.43. The molecule has 0 radical (unpaired) electrons. The van der Waals surface area contributed by atoms with Crippen LogP contribution in [0.25, 0.3) is 11.1 Å². The molecule has 2 aliphatic heterocycles. The van der Waals surface area contributed by atoms with Gasteiger partial charge in [-0.15, -0.1) is 12.4 Å². The maximum Gasteiger partial charge on any atom is 0.227 e. The highest BCUT2D eigenvalue weighted by Crippen LogP contribution is 2.37. The van der Waals surface area contributed by atoms with Gasteiger partial charge < -0.3 is 9.80 Å². The summed E-state index contributed by atoms with van der Waals surface area (Å²) >= 11 is 6.32. The van der Waals surface area contributed by atoms with Crippen LogP contribution < -0.4 is 0 Å². The van der Waals surface area contributed by atoms with Gasteiger partial charge in [-0.2, -0.15) is 0 Å². The van der Waals surface area contributed by atoms with Gasteiger partial charge in [0.2, 0.25) is 5.91 Å². The number of halogens is 2. The van der Waals surface area contributed by atoms with E-state index in [2.05, 4.69) is 29.2 Å². The number of rotatable bonds is 4. The number of amides is 1. The molecule has 0 spiro atoms. The molecule has 0 N–H and O–H groups in total. The number of nitrogens with zero attached hydrogens (tertiary/aromatic N) is 2. The zero-order chi connectivity index (χ0) is 18.8. The van der Waals surface area contributed by atoms with Crippen molar-refractivity contribution in [3.63, 3.8) is 0 Å². The molecule has 1 amide bonds. The van der Waals surface area contributed by atoms with E-state index in [-0.39, 0.29) is 24.4 Å². The molecule has 0 aromatic heterocycles. The molecule has 5 heteroatoms. The Morgan fingerprint density at radius 3 is 2.36 bits per heavy atom. The summed E-state index contributed by atoms with van der Waals surface area (Å²) in [5.74, 6) is 0.419. The van der Waals surface area contributed by atoms with Crippen LogP contribution in [-0.2, 0) is 4.79 Å². The quantitative estimate of drug-likeness (QED) is 0.660. The molecular formula is C23H28Cl2N2O. The first kappa shape index (κ1) is 21.2. The Kier molecular flexibility index (Phi) is 7.03. The summed E-state index contributed by atoms with van der Waals surface area (Å²) in [5.41, 5.74) is 3.37. The summed E-state index contributed by atoms with van der Waals surface area (Å²) in [4.78, 5) is 17.2. The van der Waals surface area contributed by atoms with Crippen LogP contribution in [0, 0.1) is 5.92 Å². The zero-order valence-corrected chi connectivity index (χ0v) is 17.9. The molecule has 2 aliphatic rings. The second-order valence-electron chi connectivity index (χ2n) is 7.86. The Morgan fingerprint density at radius 2 is 1.68 bits per heavy atom. The van der Waals surface area contributed by atoms with Crippen molar-refractivity contribution in [1.29, 1.82) is 0 Å². The lowest BCUT2D eigenvalue weighted by Gasteiger charge is -2.28. The van der Waals surface area contributed by atoms with Crippen LogP contribution in [0.5, 0.6) is 0 Å². The summed E-state index contributed by atoms with van der Waals surface area (Å²) in [5, 5.41) is 0.764. The molecule has 4 rings (SSSR count). The van der Waals surface area contributed by atoms with Gasteiger partial charge in [0.05, 0.1) is 12.0 Å². The summed E-state index contributed by atoms with van der Waals surface area (Å²) < 4.78 is 0. The molecule has 150 valence electrons. The molecule has 2 aromatic rings. The molecule has 2 unspecified atom stereocenters. The number of hydrogen-bond acceptors (Lipinski definition) is 2. The molecular weight excluding hydrogens is 391 g/mol. The number of hydrogen-bond donors (Lipinski definition) is 0. The predicted molar refractivity (Wildman–Crippen MR) is 118 cm³/mol. The Labute approximate surface area is 179 Å². The first-order chi connectivity index (χ1) is 13.1. The smallest absolute Gasteiger partial charge is 0.227 e. The van der Waals surface area contributed by atoms with Gasteiger partial charge in [0.1, 0.15) is 0 Å². The molecule has 2 saturated heterocycles. The SMILES string of the molecule is CN1C(=O)C(CN2CCCCC2)CC1c1ccc(-c2ccccc2Cl)cc1.Cl. The van der Waals surface area contributed by atoms with Crippen molar-refractivity contribution >= 4 is 29.9 Å². The average Bonchev–Trinajstić information content (AvgIpc) is 2.98. The van der Waals surface area contributed by atoms with E-state index in [0.29, 0.717) is 5.91 Å². The molecule has 0 saturated carbocycles. The van der Waals surface area contributed by atoms with Crippen LogP contribution in [0.3, 0.4) is 0 Å². The van der Waals surface area contributed by atoms with Crippen molar-refractivity contribution in [1.82, 2.24) is 9.80 Å². The van der Waals surface area contributed by atoms with E-state index >= 15 is 0 Å². The summed E-state index contributed by atoms with van der Waals surface area (Å²) in [6.45, 7) is 3.20. The maximum absolute atomic E-state index is 12.8. The van der Waals surface area contributed by atoms with Gasteiger partial charge in [0.15, 0.2) is 0 Å². The van der Waals surface area contributed by atoms with Gasteiger partial charge in [0.25, 0.3) is 0 Å². The van der Waals surface area contributed by atoms with E-state index in [1.165, 1.54) is 24.8 Å². The molecule has 2 aromatic carbocycles. The first-order valence-corrected chi connectivity index (χ1v) is 10.3. The Morgan fingerprint density at radius 1 is 1.00 bits per heavy atom. The van der Waals surface area contributed by atoms with Crippen LogP contribution >= 0.6 is 24.0 Å². The van der Waals surface area contributed by atoms with Gasteiger partial charge >= 0.3 is 0 Å². The fraction of sp³-hybridized carbons (Fsp3) is 0.435. The fourth-order valence-electron chi connectivity index (χ4n) is 4.52. The van der Waals surface area contributed by atoms with Gasteiger partial charge in [-0.1, -0.05) is 60.5 Å². The molecule has 28 heavy (non-hydrogen) atoms. The molecule has 2 heterocycles. The minimum atomic E-state index is 0. The lowest BCUT2D eigenvalue weighted by Crippen LogP contribution is -2.36. The van der Waals surface area contributed by atoms with E-state index in [1.807, 2.05) is 36.2 Å².